The molecule has 5 rings (SSSR count). The lowest BCUT2D eigenvalue weighted by atomic mass is 10.0. The first-order valence-corrected chi connectivity index (χ1v) is 17.8. The van der Waals surface area contributed by atoms with E-state index in [4.69, 9.17) is 19.2 Å². The Balaban J connectivity index is 1.01. The number of rotatable bonds is 19. The average molecular weight is 695 g/mol. The summed E-state index contributed by atoms with van der Waals surface area (Å²) in [5, 5.41) is 3.05. The van der Waals surface area contributed by atoms with Gasteiger partial charge < -0.3 is 24.4 Å². The standard InChI is InChI=1S/C40H50N6O5/c1-31-9-14-36(27-35(31)28-38-42-17-15-37(44-38)34-7-6-16-41-29-34)43-40(48)33-12-10-32(11-13-33)30-45-18-20-46(21-19-45)39(47)8-4-3-5-22-50-25-26-51-24-23-49-2/h6-7,9-17,27,29H,3-5,8,18-26,28,30H2,1-2H3,(H,43,48). The van der Waals surface area contributed by atoms with Crippen LogP contribution in [0.15, 0.2) is 79.3 Å². The van der Waals surface area contributed by atoms with Crippen molar-refractivity contribution in [2.75, 3.05) is 71.6 Å². The van der Waals surface area contributed by atoms with Crippen molar-refractivity contribution in [2.45, 2.75) is 45.6 Å². The minimum atomic E-state index is -0.158. The van der Waals surface area contributed by atoms with Gasteiger partial charge in [0.05, 0.1) is 32.1 Å². The molecular formula is C40H50N6O5. The van der Waals surface area contributed by atoms with E-state index in [0.717, 1.165) is 85.6 Å². The number of piperazine rings is 1. The number of anilines is 1. The molecule has 0 spiro atoms. The molecule has 2 amide bonds. The highest BCUT2D eigenvalue weighted by Crippen LogP contribution is 2.21. The summed E-state index contributed by atoms with van der Waals surface area (Å²) in [5.41, 5.74) is 6.38. The first-order chi connectivity index (χ1) is 25.0. The van der Waals surface area contributed by atoms with Crippen molar-refractivity contribution in [3.63, 3.8) is 0 Å². The molecule has 0 radical (unpaired) electrons. The van der Waals surface area contributed by atoms with Crippen LogP contribution in [0.5, 0.6) is 0 Å². The quantitative estimate of drug-likeness (QED) is 0.126. The fourth-order valence-electron chi connectivity index (χ4n) is 5.93. The van der Waals surface area contributed by atoms with Crippen molar-refractivity contribution in [3.05, 3.63) is 107 Å². The third-order valence-electron chi connectivity index (χ3n) is 8.95. The van der Waals surface area contributed by atoms with Crippen LogP contribution in [-0.2, 0) is 32.0 Å². The predicted octanol–water partition coefficient (Wildman–Crippen LogP) is 5.57. The summed E-state index contributed by atoms with van der Waals surface area (Å²) in [4.78, 5) is 43.7. The highest BCUT2D eigenvalue weighted by Gasteiger charge is 2.21. The van der Waals surface area contributed by atoms with Gasteiger partial charge in [0.2, 0.25) is 5.91 Å². The molecule has 1 aliphatic heterocycles. The van der Waals surface area contributed by atoms with Gasteiger partial charge in [0.1, 0.15) is 5.82 Å². The van der Waals surface area contributed by atoms with Crippen molar-refractivity contribution >= 4 is 17.5 Å². The number of carbonyl (C=O) groups is 2. The number of unbranched alkanes of at least 4 members (excludes halogenated alkanes) is 2. The molecule has 2 aromatic heterocycles. The topological polar surface area (TPSA) is 119 Å². The van der Waals surface area contributed by atoms with Crippen molar-refractivity contribution in [1.82, 2.24) is 24.8 Å². The minimum absolute atomic E-state index is 0.158. The number of benzene rings is 2. The summed E-state index contributed by atoms with van der Waals surface area (Å²) in [6.45, 7) is 9.03. The molecule has 11 heteroatoms. The zero-order chi connectivity index (χ0) is 35.7. The number of nitrogens with one attached hydrogen (secondary N) is 1. The molecule has 0 atom stereocenters. The van der Waals surface area contributed by atoms with Gasteiger partial charge in [0, 0.05) is 94.7 Å². The van der Waals surface area contributed by atoms with Gasteiger partial charge in [0.25, 0.3) is 5.91 Å². The van der Waals surface area contributed by atoms with Crippen LogP contribution in [0.2, 0.25) is 0 Å². The Labute approximate surface area is 301 Å². The first-order valence-electron chi connectivity index (χ1n) is 17.8. The van der Waals surface area contributed by atoms with Crippen molar-refractivity contribution in [2.24, 2.45) is 0 Å². The summed E-state index contributed by atoms with van der Waals surface area (Å²) in [6, 6.07) is 19.4. The molecule has 0 bridgehead atoms. The molecule has 11 nitrogen and oxygen atoms in total. The number of aryl methyl sites for hydroxylation is 1. The maximum atomic E-state index is 13.2. The van der Waals surface area contributed by atoms with Gasteiger partial charge in [-0.05, 0) is 78.9 Å². The monoisotopic (exact) mass is 694 g/mol. The van der Waals surface area contributed by atoms with E-state index in [9.17, 15) is 9.59 Å². The molecule has 0 aliphatic carbocycles. The number of hydrogen-bond donors (Lipinski definition) is 1. The molecule has 1 aliphatic rings. The van der Waals surface area contributed by atoms with Gasteiger partial charge in [-0.2, -0.15) is 0 Å². The second kappa shape index (κ2) is 20.3. The van der Waals surface area contributed by atoms with Crippen LogP contribution >= 0.6 is 0 Å². The predicted molar refractivity (Wildman–Crippen MR) is 197 cm³/mol. The van der Waals surface area contributed by atoms with E-state index in [0.29, 0.717) is 57.3 Å². The largest absolute Gasteiger partial charge is 0.382 e. The SMILES string of the molecule is COCCOCCOCCCCCC(=O)N1CCN(Cc2ccc(C(=O)Nc3ccc(C)c(Cc4nccc(-c5cccnc5)n4)c3)cc2)CC1. The van der Waals surface area contributed by atoms with E-state index in [2.05, 4.69) is 20.2 Å². The first kappa shape index (κ1) is 37.7. The molecule has 4 aromatic rings. The van der Waals surface area contributed by atoms with E-state index >= 15 is 0 Å². The van der Waals surface area contributed by atoms with Crippen molar-refractivity contribution in [1.29, 1.82) is 0 Å². The third kappa shape index (κ3) is 12.3. The van der Waals surface area contributed by atoms with E-state index in [1.165, 1.54) is 0 Å². The Hall–Kier alpha value is -4.55. The molecule has 2 aromatic carbocycles. The van der Waals surface area contributed by atoms with Gasteiger partial charge in [-0.15, -0.1) is 0 Å². The van der Waals surface area contributed by atoms with Crippen LogP contribution in [0, 0.1) is 6.92 Å². The summed E-state index contributed by atoms with van der Waals surface area (Å²) in [7, 11) is 1.66. The number of ether oxygens (including phenoxy) is 3. The number of methoxy groups -OCH3 is 1. The van der Waals surface area contributed by atoms with Gasteiger partial charge in [-0.25, -0.2) is 9.97 Å². The number of hydrogen-bond acceptors (Lipinski definition) is 9. The van der Waals surface area contributed by atoms with Crippen LogP contribution < -0.4 is 5.32 Å². The normalized spacial score (nSPS) is 13.3. The molecule has 3 heterocycles. The lowest BCUT2D eigenvalue weighted by Gasteiger charge is -2.35. The lowest BCUT2D eigenvalue weighted by molar-refractivity contribution is -0.133. The molecule has 1 fully saturated rings. The Morgan fingerprint density at radius 2 is 1.63 bits per heavy atom. The van der Waals surface area contributed by atoms with Crippen LogP contribution in [0.3, 0.4) is 0 Å². The molecule has 0 saturated carbocycles. The van der Waals surface area contributed by atoms with Gasteiger partial charge in [-0.3, -0.25) is 19.5 Å². The summed E-state index contributed by atoms with van der Waals surface area (Å²) < 4.78 is 15.9. The van der Waals surface area contributed by atoms with Gasteiger partial charge >= 0.3 is 0 Å². The van der Waals surface area contributed by atoms with E-state index in [1.54, 1.807) is 25.7 Å². The number of nitrogens with zero attached hydrogens (tertiary/aromatic N) is 5. The summed E-state index contributed by atoms with van der Waals surface area (Å²) >= 11 is 0. The average Bonchev–Trinajstić information content (AvgIpc) is 3.16. The second-order valence-electron chi connectivity index (χ2n) is 12.8. The molecule has 1 saturated heterocycles. The maximum Gasteiger partial charge on any atom is 0.255 e. The number of carbonyl (C=O) groups excluding carboxylic acids is 2. The summed E-state index contributed by atoms with van der Waals surface area (Å²) in [6.07, 6.45) is 9.24. The van der Waals surface area contributed by atoms with Crippen molar-refractivity contribution < 1.29 is 23.8 Å². The number of aromatic nitrogens is 3. The second-order valence-corrected chi connectivity index (χ2v) is 12.8. The van der Waals surface area contributed by atoms with Gasteiger partial charge in [-0.1, -0.05) is 24.6 Å². The highest BCUT2D eigenvalue weighted by atomic mass is 16.5. The van der Waals surface area contributed by atoms with Gasteiger partial charge in [0.15, 0.2) is 0 Å². The van der Waals surface area contributed by atoms with Crippen LogP contribution in [0.1, 0.15) is 58.6 Å². The lowest BCUT2D eigenvalue weighted by Crippen LogP contribution is -2.48. The Morgan fingerprint density at radius 1 is 0.843 bits per heavy atom. The fourth-order valence-corrected chi connectivity index (χ4v) is 5.93. The Morgan fingerprint density at radius 3 is 2.39 bits per heavy atom. The van der Waals surface area contributed by atoms with E-state index in [-0.39, 0.29) is 11.8 Å². The van der Waals surface area contributed by atoms with Crippen LogP contribution in [-0.4, -0.2) is 103 Å². The fraction of sp³-hybridized carbons (Fsp3) is 0.425. The molecule has 0 unspecified atom stereocenters. The third-order valence-corrected chi connectivity index (χ3v) is 8.95. The zero-order valence-corrected chi connectivity index (χ0v) is 29.9. The maximum absolute atomic E-state index is 13.2. The van der Waals surface area contributed by atoms with E-state index < -0.39 is 0 Å². The summed E-state index contributed by atoms with van der Waals surface area (Å²) in [5.74, 6) is 0.784. The van der Waals surface area contributed by atoms with E-state index in [1.807, 2.05) is 72.5 Å². The number of amides is 2. The number of pyridine rings is 1. The minimum Gasteiger partial charge on any atom is -0.382 e. The van der Waals surface area contributed by atoms with Crippen molar-refractivity contribution in [3.8, 4) is 11.3 Å². The Kier molecular flexibility index (Phi) is 15.0. The molecule has 51 heavy (non-hydrogen) atoms. The highest BCUT2D eigenvalue weighted by molar-refractivity contribution is 6.04. The zero-order valence-electron chi connectivity index (χ0n) is 29.9. The smallest absolute Gasteiger partial charge is 0.255 e. The van der Waals surface area contributed by atoms with Crippen LogP contribution in [0.4, 0.5) is 5.69 Å². The molecular weight excluding hydrogens is 644 g/mol. The molecule has 1 N–H and O–H groups in total. The van der Waals surface area contributed by atoms with Crippen LogP contribution in [0.25, 0.3) is 11.3 Å². The molecule has 270 valence electrons. The Bertz CT molecular complexity index is 1660.